The van der Waals surface area contributed by atoms with Crippen molar-refractivity contribution in [3.05, 3.63) is 0 Å². The smallest absolute Gasteiger partial charge is 0.317 e. The molecule has 2 saturated carbocycles. The van der Waals surface area contributed by atoms with Gasteiger partial charge in [-0.15, -0.1) is 0 Å². The standard InChI is InChI=1S/C20H33N3O4/c24-18(10-5-15-3-1-2-4-15)22-11-13-23(14-12-22)20(27)21-17-8-6-16(7-9-17)19(25)26/h15-17H,1-14H2,(H,21,27)(H,25,26). The number of rotatable bonds is 5. The zero-order valence-corrected chi connectivity index (χ0v) is 16.2. The van der Waals surface area contributed by atoms with Crippen molar-refractivity contribution in [2.24, 2.45) is 11.8 Å². The third kappa shape index (κ3) is 5.59. The van der Waals surface area contributed by atoms with E-state index in [9.17, 15) is 14.4 Å². The van der Waals surface area contributed by atoms with E-state index in [1.54, 1.807) is 4.90 Å². The number of urea groups is 1. The highest BCUT2D eigenvalue weighted by molar-refractivity contribution is 5.78. The predicted molar refractivity (Wildman–Crippen MR) is 101 cm³/mol. The van der Waals surface area contributed by atoms with Gasteiger partial charge in [-0.25, -0.2) is 4.79 Å². The number of carboxylic acid groups (broad SMARTS) is 1. The molecule has 0 radical (unpaired) electrons. The number of hydrogen-bond donors (Lipinski definition) is 2. The Morgan fingerprint density at radius 2 is 1.44 bits per heavy atom. The normalized spacial score (nSPS) is 26.8. The highest BCUT2D eigenvalue weighted by Gasteiger charge is 2.29. The molecule has 7 heteroatoms. The van der Waals surface area contributed by atoms with Gasteiger partial charge in [-0.2, -0.15) is 0 Å². The first kappa shape index (κ1) is 20.0. The lowest BCUT2D eigenvalue weighted by Crippen LogP contribution is -2.54. The lowest BCUT2D eigenvalue weighted by Gasteiger charge is -2.36. The van der Waals surface area contributed by atoms with Crippen molar-refractivity contribution < 1.29 is 19.5 Å². The summed E-state index contributed by atoms with van der Waals surface area (Å²) in [6.45, 7) is 2.38. The Morgan fingerprint density at radius 3 is 2.04 bits per heavy atom. The van der Waals surface area contributed by atoms with Gasteiger partial charge in [-0.1, -0.05) is 25.7 Å². The van der Waals surface area contributed by atoms with Crippen molar-refractivity contribution in [3.8, 4) is 0 Å². The SMILES string of the molecule is O=C(O)C1CCC(NC(=O)N2CCN(C(=O)CCC3CCCC3)CC2)CC1. The van der Waals surface area contributed by atoms with Crippen LogP contribution in [0, 0.1) is 11.8 Å². The summed E-state index contributed by atoms with van der Waals surface area (Å²) < 4.78 is 0. The fraction of sp³-hybridized carbons (Fsp3) is 0.850. The number of aliphatic carboxylic acids is 1. The van der Waals surface area contributed by atoms with Gasteiger partial charge in [0.1, 0.15) is 0 Å². The zero-order valence-electron chi connectivity index (χ0n) is 16.2. The maximum atomic E-state index is 12.5. The molecule has 0 spiro atoms. The summed E-state index contributed by atoms with van der Waals surface area (Å²) in [5.74, 6) is -0.0309. The fourth-order valence-corrected chi connectivity index (χ4v) is 4.69. The Balaban J connectivity index is 1.34. The van der Waals surface area contributed by atoms with Gasteiger partial charge in [-0.05, 0) is 38.0 Å². The Morgan fingerprint density at radius 1 is 0.852 bits per heavy atom. The number of amides is 3. The number of carbonyl (C=O) groups excluding carboxylic acids is 2. The van der Waals surface area contributed by atoms with Crippen molar-refractivity contribution in [2.45, 2.75) is 70.3 Å². The van der Waals surface area contributed by atoms with Gasteiger partial charge in [0.2, 0.25) is 5.91 Å². The van der Waals surface area contributed by atoms with Gasteiger partial charge in [0, 0.05) is 38.6 Å². The maximum Gasteiger partial charge on any atom is 0.317 e. The second-order valence-electron chi connectivity index (χ2n) is 8.39. The predicted octanol–water partition coefficient (Wildman–Crippen LogP) is 2.45. The van der Waals surface area contributed by atoms with Crippen molar-refractivity contribution in [1.82, 2.24) is 15.1 Å². The largest absolute Gasteiger partial charge is 0.481 e. The molecule has 1 heterocycles. The number of carbonyl (C=O) groups is 3. The van der Waals surface area contributed by atoms with E-state index < -0.39 is 5.97 Å². The summed E-state index contributed by atoms with van der Waals surface area (Å²) in [4.78, 5) is 39.5. The fourth-order valence-electron chi connectivity index (χ4n) is 4.69. The highest BCUT2D eigenvalue weighted by atomic mass is 16.4. The minimum Gasteiger partial charge on any atom is -0.481 e. The lowest BCUT2D eigenvalue weighted by molar-refractivity contribution is -0.142. The van der Waals surface area contributed by atoms with E-state index in [2.05, 4.69) is 5.32 Å². The number of hydrogen-bond acceptors (Lipinski definition) is 3. The van der Waals surface area contributed by atoms with Crippen LogP contribution < -0.4 is 5.32 Å². The van der Waals surface area contributed by atoms with E-state index in [1.807, 2.05) is 4.90 Å². The first-order chi connectivity index (χ1) is 13.0. The molecule has 0 aromatic carbocycles. The van der Waals surface area contributed by atoms with Crippen LogP contribution in [0.5, 0.6) is 0 Å². The molecule has 27 heavy (non-hydrogen) atoms. The monoisotopic (exact) mass is 379 g/mol. The summed E-state index contributed by atoms with van der Waals surface area (Å²) in [7, 11) is 0. The van der Waals surface area contributed by atoms with Gasteiger partial charge in [0.25, 0.3) is 0 Å². The van der Waals surface area contributed by atoms with Crippen LogP contribution in [0.2, 0.25) is 0 Å². The molecular weight excluding hydrogens is 346 g/mol. The molecule has 0 atom stereocenters. The van der Waals surface area contributed by atoms with Crippen LogP contribution in [0.25, 0.3) is 0 Å². The topological polar surface area (TPSA) is 89.9 Å². The second-order valence-corrected chi connectivity index (χ2v) is 8.39. The third-order valence-electron chi connectivity index (χ3n) is 6.56. The zero-order chi connectivity index (χ0) is 19.2. The molecule has 2 N–H and O–H groups in total. The average molecular weight is 380 g/mol. The first-order valence-corrected chi connectivity index (χ1v) is 10.6. The molecule has 1 saturated heterocycles. The summed E-state index contributed by atoms with van der Waals surface area (Å²) >= 11 is 0. The minimum atomic E-state index is -0.728. The van der Waals surface area contributed by atoms with Crippen molar-refractivity contribution >= 4 is 17.9 Å². The van der Waals surface area contributed by atoms with E-state index in [-0.39, 0.29) is 23.9 Å². The van der Waals surface area contributed by atoms with Crippen LogP contribution in [-0.4, -0.2) is 65.0 Å². The number of piperazine rings is 1. The van der Waals surface area contributed by atoms with Crippen molar-refractivity contribution in [2.75, 3.05) is 26.2 Å². The van der Waals surface area contributed by atoms with E-state index in [0.29, 0.717) is 45.4 Å². The van der Waals surface area contributed by atoms with Crippen LogP contribution in [-0.2, 0) is 9.59 Å². The van der Waals surface area contributed by atoms with E-state index in [1.165, 1.54) is 25.7 Å². The number of nitrogens with zero attached hydrogens (tertiary/aromatic N) is 2. The van der Waals surface area contributed by atoms with E-state index in [4.69, 9.17) is 5.11 Å². The molecule has 2 aliphatic carbocycles. The molecule has 0 aromatic heterocycles. The molecule has 0 unspecified atom stereocenters. The van der Waals surface area contributed by atoms with Gasteiger partial charge >= 0.3 is 12.0 Å². The molecule has 152 valence electrons. The molecular formula is C20H33N3O4. The summed E-state index contributed by atoms with van der Waals surface area (Å²) in [6.07, 6.45) is 9.53. The summed E-state index contributed by atoms with van der Waals surface area (Å²) in [5.41, 5.74) is 0. The highest BCUT2D eigenvalue weighted by Crippen LogP contribution is 2.29. The molecule has 0 aromatic rings. The van der Waals surface area contributed by atoms with Crippen LogP contribution in [0.4, 0.5) is 4.79 Å². The van der Waals surface area contributed by atoms with Gasteiger partial charge in [-0.3, -0.25) is 9.59 Å². The molecule has 3 rings (SSSR count). The van der Waals surface area contributed by atoms with Crippen molar-refractivity contribution in [3.63, 3.8) is 0 Å². The maximum absolute atomic E-state index is 12.5. The van der Waals surface area contributed by atoms with Crippen molar-refractivity contribution in [1.29, 1.82) is 0 Å². The van der Waals surface area contributed by atoms with Crippen LogP contribution >= 0.6 is 0 Å². The minimum absolute atomic E-state index is 0.0687. The number of carboxylic acids is 1. The molecule has 3 fully saturated rings. The Kier molecular flexibility index (Phi) is 6.96. The van der Waals surface area contributed by atoms with Gasteiger partial charge in [0.05, 0.1) is 5.92 Å². The third-order valence-corrected chi connectivity index (χ3v) is 6.56. The Hall–Kier alpha value is -1.79. The molecule has 1 aliphatic heterocycles. The van der Waals surface area contributed by atoms with Crippen LogP contribution in [0.1, 0.15) is 64.2 Å². The molecule has 7 nitrogen and oxygen atoms in total. The average Bonchev–Trinajstić information content (AvgIpc) is 3.20. The van der Waals surface area contributed by atoms with Gasteiger partial charge < -0.3 is 20.2 Å². The second kappa shape index (κ2) is 9.42. The first-order valence-electron chi connectivity index (χ1n) is 10.6. The molecule has 3 amide bonds. The van der Waals surface area contributed by atoms with Crippen LogP contribution in [0.3, 0.4) is 0 Å². The van der Waals surface area contributed by atoms with Gasteiger partial charge in [0.15, 0.2) is 0 Å². The molecule has 3 aliphatic rings. The summed E-state index contributed by atoms with van der Waals surface area (Å²) in [5, 5.41) is 12.1. The Bertz CT molecular complexity index is 531. The number of nitrogens with one attached hydrogen (secondary N) is 1. The lowest BCUT2D eigenvalue weighted by atomic mass is 9.86. The van der Waals surface area contributed by atoms with E-state index in [0.717, 1.165) is 25.2 Å². The van der Waals surface area contributed by atoms with E-state index >= 15 is 0 Å². The Labute approximate surface area is 161 Å². The quantitative estimate of drug-likeness (QED) is 0.768. The van der Waals surface area contributed by atoms with Crippen LogP contribution in [0.15, 0.2) is 0 Å². The summed E-state index contributed by atoms with van der Waals surface area (Å²) in [6, 6.07) is -0.00833. The molecule has 0 bridgehead atoms.